The van der Waals surface area contributed by atoms with Crippen LogP contribution in [0.4, 0.5) is 26.1 Å². The van der Waals surface area contributed by atoms with Crippen LogP contribution in [0.15, 0.2) is 36.5 Å². The van der Waals surface area contributed by atoms with Gasteiger partial charge in [0.25, 0.3) is 0 Å². The minimum atomic E-state index is -0.577. The maximum Gasteiger partial charge on any atom is 0.227 e. The Labute approximate surface area is 199 Å². The van der Waals surface area contributed by atoms with Gasteiger partial charge < -0.3 is 15.5 Å². The molecule has 0 fully saturated rings. The Morgan fingerprint density at radius 3 is 2.71 bits per heavy atom. The van der Waals surface area contributed by atoms with Crippen LogP contribution in [0.3, 0.4) is 0 Å². The second-order valence-corrected chi connectivity index (χ2v) is 10.4. The molecular formula is C27H31F2N5. The number of rotatable bonds is 4. The highest BCUT2D eigenvalue weighted by molar-refractivity contribution is 5.71. The molecule has 0 radical (unpaired) electrons. The van der Waals surface area contributed by atoms with Gasteiger partial charge in [0, 0.05) is 41.6 Å². The third-order valence-corrected chi connectivity index (χ3v) is 6.72. The van der Waals surface area contributed by atoms with E-state index in [9.17, 15) is 4.39 Å². The van der Waals surface area contributed by atoms with Gasteiger partial charge in [0.15, 0.2) is 5.82 Å². The van der Waals surface area contributed by atoms with Gasteiger partial charge in [0.2, 0.25) is 5.95 Å². The van der Waals surface area contributed by atoms with E-state index < -0.39 is 5.82 Å². The van der Waals surface area contributed by atoms with Crippen molar-refractivity contribution in [2.75, 3.05) is 23.3 Å². The predicted molar refractivity (Wildman–Crippen MR) is 132 cm³/mol. The number of hydrogen-bond acceptors (Lipinski definition) is 5. The Balaban J connectivity index is 1.51. The first-order valence-corrected chi connectivity index (χ1v) is 11.9. The van der Waals surface area contributed by atoms with Gasteiger partial charge in [-0.1, -0.05) is 19.9 Å². The predicted octanol–water partition coefficient (Wildman–Crippen LogP) is 5.61. The molecule has 3 aromatic rings. The average molecular weight is 464 g/mol. The van der Waals surface area contributed by atoms with Crippen LogP contribution in [-0.4, -0.2) is 29.1 Å². The molecule has 0 spiro atoms. The molecule has 2 aromatic carbocycles. The molecule has 1 aromatic heterocycles. The number of anilines is 3. The third-order valence-electron chi connectivity index (χ3n) is 6.72. The van der Waals surface area contributed by atoms with E-state index in [2.05, 4.69) is 65.3 Å². The van der Waals surface area contributed by atoms with Crippen LogP contribution in [0.5, 0.6) is 0 Å². The molecular weight excluding hydrogens is 432 g/mol. The fourth-order valence-corrected chi connectivity index (χ4v) is 5.05. The van der Waals surface area contributed by atoms with Crippen molar-refractivity contribution in [2.45, 2.75) is 53.1 Å². The minimum absolute atomic E-state index is 0.0404. The first kappa shape index (κ1) is 22.7. The molecule has 0 atom stereocenters. The van der Waals surface area contributed by atoms with Crippen molar-refractivity contribution < 1.29 is 8.78 Å². The lowest BCUT2D eigenvalue weighted by Gasteiger charge is -2.43. The highest BCUT2D eigenvalue weighted by Gasteiger charge is 2.34. The van der Waals surface area contributed by atoms with Gasteiger partial charge >= 0.3 is 0 Å². The van der Waals surface area contributed by atoms with Crippen molar-refractivity contribution in [3.8, 4) is 11.3 Å². The van der Waals surface area contributed by atoms with Crippen LogP contribution in [0, 0.1) is 17.0 Å². The van der Waals surface area contributed by atoms with Gasteiger partial charge in [-0.25, -0.2) is 18.7 Å². The lowest BCUT2D eigenvalue weighted by atomic mass is 9.80. The van der Waals surface area contributed by atoms with E-state index in [1.54, 1.807) is 0 Å². The zero-order chi connectivity index (χ0) is 24.0. The largest absolute Gasteiger partial charge is 0.368 e. The summed E-state index contributed by atoms with van der Waals surface area (Å²) in [5, 5.41) is 6.55. The SMILES string of the molecule is CC(C)N1CC(C)(C)Cc2c(F)cc(-c3nc(Nc4ccc5c(c4)CNCC5)ncc3F)cc21. The Morgan fingerprint density at radius 1 is 1.09 bits per heavy atom. The molecule has 0 saturated carbocycles. The highest BCUT2D eigenvalue weighted by atomic mass is 19.1. The number of halogens is 2. The molecule has 0 aliphatic carbocycles. The Kier molecular flexibility index (Phi) is 5.76. The number of hydrogen-bond donors (Lipinski definition) is 2. The van der Waals surface area contributed by atoms with E-state index >= 15 is 4.39 Å². The lowest BCUT2D eigenvalue weighted by Crippen LogP contribution is -2.44. The molecule has 5 nitrogen and oxygen atoms in total. The number of nitrogens with one attached hydrogen (secondary N) is 2. The van der Waals surface area contributed by atoms with Crippen molar-refractivity contribution in [3.63, 3.8) is 0 Å². The second-order valence-electron chi connectivity index (χ2n) is 10.4. The number of aromatic nitrogens is 2. The van der Waals surface area contributed by atoms with E-state index in [1.165, 1.54) is 17.2 Å². The molecule has 0 unspecified atom stereocenters. The molecule has 7 heteroatoms. The zero-order valence-electron chi connectivity index (χ0n) is 20.2. The first-order valence-electron chi connectivity index (χ1n) is 11.9. The highest BCUT2D eigenvalue weighted by Crippen LogP contribution is 2.41. The fraction of sp³-hybridized carbons (Fsp3) is 0.407. The summed E-state index contributed by atoms with van der Waals surface area (Å²) in [4.78, 5) is 10.8. The topological polar surface area (TPSA) is 53.1 Å². The van der Waals surface area contributed by atoms with Gasteiger partial charge in [-0.15, -0.1) is 0 Å². The standard InChI is InChI=1S/C27H31F2N5/c1-16(2)34-15-27(3,4)12-21-22(28)10-18(11-24(21)34)25-23(29)14-31-26(33-25)32-20-6-5-17-7-8-30-13-19(17)9-20/h5-6,9-11,14,16,30H,7-8,12-13,15H2,1-4H3,(H,31,32,33). The van der Waals surface area contributed by atoms with Crippen LogP contribution in [0.1, 0.15) is 44.4 Å². The van der Waals surface area contributed by atoms with E-state index in [1.807, 2.05) is 12.1 Å². The average Bonchev–Trinajstić information content (AvgIpc) is 2.80. The van der Waals surface area contributed by atoms with Crippen molar-refractivity contribution in [1.82, 2.24) is 15.3 Å². The summed E-state index contributed by atoms with van der Waals surface area (Å²) >= 11 is 0. The number of nitrogens with zero attached hydrogens (tertiary/aromatic N) is 3. The van der Waals surface area contributed by atoms with Crippen molar-refractivity contribution in [2.24, 2.45) is 5.41 Å². The molecule has 2 N–H and O–H groups in total. The molecule has 5 rings (SSSR count). The summed E-state index contributed by atoms with van der Waals surface area (Å²) in [5.74, 6) is -0.618. The minimum Gasteiger partial charge on any atom is -0.368 e. The second kappa shape index (κ2) is 8.62. The van der Waals surface area contributed by atoms with Crippen molar-refractivity contribution >= 4 is 17.3 Å². The quantitative estimate of drug-likeness (QED) is 0.527. The molecule has 178 valence electrons. The van der Waals surface area contributed by atoms with Crippen molar-refractivity contribution in [1.29, 1.82) is 0 Å². The monoisotopic (exact) mass is 463 g/mol. The normalized spacial score (nSPS) is 16.9. The molecule has 0 amide bonds. The maximum atomic E-state index is 15.3. The van der Waals surface area contributed by atoms with Gasteiger partial charge in [-0.2, -0.15) is 0 Å². The van der Waals surface area contributed by atoms with Crippen LogP contribution < -0.4 is 15.5 Å². The summed E-state index contributed by atoms with van der Waals surface area (Å²) in [6.07, 6.45) is 2.79. The fourth-order valence-electron chi connectivity index (χ4n) is 5.05. The summed E-state index contributed by atoms with van der Waals surface area (Å²) in [7, 11) is 0. The van der Waals surface area contributed by atoms with E-state index in [0.717, 1.165) is 43.6 Å². The molecule has 0 saturated heterocycles. The molecule has 0 bridgehead atoms. The zero-order valence-corrected chi connectivity index (χ0v) is 20.2. The lowest BCUT2D eigenvalue weighted by molar-refractivity contribution is 0.332. The number of benzene rings is 2. The van der Waals surface area contributed by atoms with Crippen LogP contribution in [-0.2, 0) is 19.4 Å². The summed E-state index contributed by atoms with van der Waals surface area (Å²) < 4.78 is 30.2. The summed E-state index contributed by atoms with van der Waals surface area (Å²) in [6.45, 7) is 11.1. The van der Waals surface area contributed by atoms with E-state index in [4.69, 9.17) is 0 Å². The van der Waals surface area contributed by atoms with Gasteiger partial charge in [-0.05, 0) is 74.0 Å². The smallest absolute Gasteiger partial charge is 0.227 e. The van der Waals surface area contributed by atoms with E-state index in [-0.39, 0.29) is 28.9 Å². The molecule has 2 aliphatic heterocycles. The number of fused-ring (bicyclic) bond motifs is 2. The first-order chi connectivity index (χ1) is 16.2. The summed E-state index contributed by atoms with van der Waals surface area (Å²) in [5.41, 5.74) is 5.36. The van der Waals surface area contributed by atoms with Crippen LogP contribution >= 0.6 is 0 Å². The molecule has 34 heavy (non-hydrogen) atoms. The van der Waals surface area contributed by atoms with Crippen molar-refractivity contribution in [3.05, 3.63) is 64.9 Å². The van der Waals surface area contributed by atoms with Crippen LogP contribution in [0.25, 0.3) is 11.3 Å². The Bertz CT molecular complexity index is 1240. The Hall–Kier alpha value is -3.06. The molecule has 3 heterocycles. The third kappa shape index (κ3) is 4.37. The van der Waals surface area contributed by atoms with E-state index in [0.29, 0.717) is 17.5 Å². The van der Waals surface area contributed by atoms with Gasteiger partial charge in [-0.3, -0.25) is 0 Å². The Morgan fingerprint density at radius 2 is 1.91 bits per heavy atom. The van der Waals surface area contributed by atoms with Gasteiger partial charge in [0.1, 0.15) is 11.5 Å². The van der Waals surface area contributed by atoms with Gasteiger partial charge in [0.05, 0.1) is 6.20 Å². The maximum absolute atomic E-state index is 15.3. The van der Waals surface area contributed by atoms with Crippen LogP contribution in [0.2, 0.25) is 0 Å². The summed E-state index contributed by atoms with van der Waals surface area (Å²) in [6, 6.07) is 9.61. The molecule has 2 aliphatic rings.